The lowest BCUT2D eigenvalue weighted by Gasteiger charge is -2.10. The van der Waals surface area contributed by atoms with E-state index in [0.29, 0.717) is 22.5 Å². The first-order valence-corrected chi connectivity index (χ1v) is 5.97. The number of aryl methyl sites for hydroxylation is 1. The molecule has 0 aliphatic heterocycles. The Morgan fingerprint density at radius 3 is 2.61 bits per heavy atom. The molecule has 0 aliphatic carbocycles. The van der Waals surface area contributed by atoms with E-state index < -0.39 is 0 Å². The number of anilines is 3. The average molecular weight is 264 g/mol. The number of nitrogens with one attached hydrogen (secondary N) is 2. The molecule has 1 heterocycles. The topological polar surface area (TPSA) is 75.9 Å². The van der Waals surface area contributed by atoms with E-state index in [-0.39, 0.29) is 0 Å². The fraction of sp³-hybridized carbons (Fsp3) is 0.167. The minimum atomic E-state index is 0.566. The van der Waals surface area contributed by atoms with Crippen LogP contribution in [0.2, 0.25) is 5.02 Å². The molecule has 0 fully saturated rings. The molecule has 2 rings (SSSR count). The summed E-state index contributed by atoms with van der Waals surface area (Å²) >= 11 is 6.08. The zero-order valence-electron chi connectivity index (χ0n) is 9.94. The van der Waals surface area contributed by atoms with E-state index in [1.165, 1.54) is 0 Å². The van der Waals surface area contributed by atoms with E-state index in [0.717, 1.165) is 12.1 Å². The maximum Gasteiger partial charge on any atom is 0.145 e. The molecular formula is C12H14ClN5. The maximum atomic E-state index is 6.08. The molecule has 2 aromatic rings. The highest BCUT2D eigenvalue weighted by molar-refractivity contribution is 6.33. The zero-order valence-corrected chi connectivity index (χ0v) is 10.7. The van der Waals surface area contributed by atoms with Crippen molar-refractivity contribution in [3.8, 4) is 0 Å². The average Bonchev–Trinajstić information content (AvgIpc) is 2.41. The van der Waals surface area contributed by atoms with Crippen molar-refractivity contribution in [2.24, 2.45) is 5.84 Å². The highest BCUT2D eigenvalue weighted by atomic mass is 35.5. The summed E-state index contributed by atoms with van der Waals surface area (Å²) in [5.41, 5.74) is 3.31. The molecule has 4 N–H and O–H groups in total. The van der Waals surface area contributed by atoms with Crippen molar-refractivity contribution in [2.75, 3.05) is 10.7 Å². The summed E-state index contributed by atoms with van der Waals surface area (Å²) in [4.78, 5) is 8.57. The third-order valence-corrected chi connectivity index (χ3v) is 2.70. The molecule has 0 amide bonds. The Bertz CT molecular complexity index is 521. The normalized spacial score (nSPS) is 10.2. The van der Waals surface area contributed by atoms with Crippen LogP contribution in [0, 0.1) is 0 Å². The quantitative estimate of drug-likeness (QED) is 0.584. The summed E-state index contributed by atoms with van der Waals surface area (Å²) in [7, 11) is 0. The van der Waals surface area contributed by atoms with Crippen LogP contribution in [0.4, 0.5) is 17.3 Å². The second-order valence-corrected chi connectivity index (χ2v) is 4.06. The van der Waals surface area contributed by atoms with Crippen LogP contribution in [0.3, 0.4) is 0 Å². The Kier molecular flexibility index (Phi) is 3.96. The molecule has 0 bridgehead atoms. The Hall–Kier alpha value is -1.85. The highest BCUT2D eigenvalue weighted by Gasteiger charge is 2.04. The van der Waals surface area contributed by atoms with Gasteiger partial charge in [0.05, 0.1) is 10.7 Å². The van der Waals surface area contributed by atoms with Crippen molar-refractivity contribution >= 4 is 28.9 Å². The Morgan fingerprint density at radius 1 is 1.22 bits per heavy atom. The van der Waals surface area contributed by atoms with Crippen LogP contribution in [0.15, 0.2) is 30.3 Å². The number of benzene rings is 1. The van der Waals surface area contributed by atoms with E-state index in [1.807, 2.05) is 31.2 Å². The number of nitrogens with two attached hydrogens (primary N) is 1. The van der Waals surface area contributed by atoms with Gasteiger partial charge in [-0.15, -0.1) is 0 Å². The fourth-order valence-electron chi connectivity index (χ4n) is 1.49. The molecule has 18 heavy (non-hydrogen) atoms. The number of para-hydroxylation sites is 1. The van der Waals surface area contributed by atoms with Crippen LogP contribution in [-0.2, 0) is 6.42 Å². The van der Waals surface area contributed by atoms with Gasteiger partial charge in [-0.3, -0.25) is 0 Å². The molecule has 0 saturated carbocycles. The Balaban J connectivity index is 2.31. The number of nitrogen functional groups attached to an aromatic ring is 1. The zero-order chi connectivity index (χ0) is 13.0. The van der Waals surface area contributed by atoms with Gasteiger partial charge in [-0.25, -0.2) is 15.8 Å². The number of hydrogen-bond donors (Lipinski definition) is 3. The third kappa shape index (κ3) is 2.88. The van der Waals surface area contributed by atoms with Crippen molar-refractivity contribution in [2.45, 2.75) is 13.3 Å². The molecule has 0 aliphatic rings. The molecule has 1 aromatic carbocycles. The van der Waals surface area contributed by atoms with Crippen molar-refractivity contribution in [3.63, 3.8) is 0 Å². The number of rotatable bonds is 4. The maximum absolute atomic E-state index is 6.08. The van der Waals surface area contributed by atoms with Crippen molar-refractivity contribution in [3.05, 3.63) is 41.2 Å². The van der Waals surface area contributed by atoms with Gasteiger partial charge < -0.3 is 10.7 Å². The van der Waals surface area contributed by atoms with E-state index in [2.05, 4.69) is 20.7 Å². The smallest absolute Gasteiger partial charge is 0.145 e. The van der Waals surface area contributed by atoms with Crippen LogP contribution in [0.1, 0.15) is 12.7 Å². The first kappa shape index (κ1) is 12.6. The molecule has 94 valence electrons. The lowest BCUT2D eigenvalue weighted by Crippen LogP contribution is -2.11. The summed E-state index contributed by atoms with van der Waals surface area (Å²) in [6.45, 7) is 1.98. The van der Waals surface area contributed by atoms with Gasteiger partial charge in [0.25, 0.3) is 0 Å². The molecular weight excluding hydrogens is 250 g/mol. The van der Waals surface area contributed by atoms with Gasteiger partial charge in [-0.1, -0.05) is 30.7 Å². The van der Waals surface area contributed by atoms with Crippen LogP contribution in [-0.4, -0.2) is 9.97 Å². The van der Waals surface area contributed by atoms with Gasteiger partial charge in [-0.05, 0) is 12.1 Å². The minimum Gasteiger partial charge on any atom is -0.339 e. The Labute approximate surface area is 110 Å². The molecule has 0 unspecified atom stereocenters. The SMILES string of the molecule is CCc1nc(NN)cc(Nc2ccccc2Cl)n1. The van der Waals surface area contributed by atoms with Crippen molar-refractivity contribution in [1.82, 2.24) is 9.97 Å². The lowest BCUT2D eigenvalue weighted by molar-refractivity contribution is 0.941. The van der Waals surface area contributed by atoms with Crippen LogP contribution >= 0.6 is 11.6 Å². The molecule has 5 nitrogen and oxygen atoms in total. The largest absolute Gasteiger partial charge is 0.339 e. The number of hydrazine groups is 1. The first-order valence-electron chi connectivity index (χ1n) is 5.59. The number of halogens is 1. The predicted octanol–water partition coefficient (Wildman–Crippen LogP) is 2.72. The number of aromatic nitrogens is 2. The number of nitrogens with zero attached hydrogens (tertiary/aromatic N) is 2. The van der Waals surface area contributed by atoms with Crippen LogP contribution < -0.4 is 16.6 Å². The molecule has 0 atom stereocenters. The van der Waals surface area contributed by atoms with Gasteiger partial charge in [0.15, 0.2) is 0 Å². The monoisotopic (exact) mass is 263 g/mol. The van der Waals surface area contributed by atoms with E-state index >= 15 is 0 Å². The van der Waals surface area contributed by atoms with E-state index in [1.54, 1.807) is 6.07 Å². The number of hydrogen-bond acceptors (Lipinski definition) is 5. The summed E-state index contributed by atoms with van der Waals surface area (Å²) in [6, 6.07) is 9.19. The fourth-order valence-corrected chi connectivity index (χ4v) is 1.68. The van der Waals surface area contributed by atoms with Crippen LogP contribution in [0.25, 0.3) is 0 Å². The van der Waals surface area contributed by atoms with E-state index in [4.69, 9.17) is 17.4 Å². The summed E-state index contributed by atoms with van der Waals surface area (Å²) in [6.07, 6.45) is 0.729. The summed E-state index contributed by atoms with van der Waals surface area (Å²) in [5.74, 6) is 7.30. The van der Waals surface area contributed by atoms with Crippen molar-refractivity contribution in [1.29, 1.82) is 0 Å². The minimum absolute atomic E-state index is 0.566. The van der Waals surface area contributed by atoms with Crippen LogP contribution in [0.5, 0.6) is 0 Å². The standard InChI is InChI=1S/C12H14ClN5/c1-2-10-16-11(7-12(17-10)18-14)15-9-6-4-3-5-8(9)13/h3-7H,2,14H2,1H3,(H2,15,16,17,18). The summed E-state index contributed by atoms with van der Waals surface area (Å²) in [5, 5.41) is 3.78. The highest BCUT2D eigenvalue weighted by Crippen LogP contribution is 2.24. The molecule has 0 spiro atoms. The van der Waals surface area contributed by atoms with Gasteiger partial charge in [0.1, 0.15) is 17.5 Å². The molecule has 1 aromatic heterocycles. The third-order valence-electron chi connectivity index (χ3n) is 2.37. The second kappa shape index (κ2) is 5.66. The molecule has 0 saturated heterocycles. The van der Waals surface area contributed by atoms with Gasteiger partial charge in [0.2, 0.25) is 0 Å². The van der Waals surface area contributed by atoms with Gasteiger partial charge in [0, 0.05) is 12.5 Å². The van der Waals surface area contributed by atoms with E-state index in [9.17, 15) is 0 Å². The van der Waals surface area contributed by atoms with Gasteiger partial charge in [-0.2, -0.15) is 0 Å². The molecule has 0 radical (unpaired) electrons. The van der Waals surface area contributed by atoms with Gasteiger partial charge >= 0.3 is 0 Å². The summed E-state index contributed by atoms with van der Waals surface area (Å²) < 4.78 is 0. The predicted molar refractivity (Wildman–Crippen MR) is 74.0 cm³/mol. The Morgan fingerprint density at radius 2 is 1.94 bits per heavy atom. The second-order valence-electron chi connectivity index (χ2n) is 3.66. The molecule has 6 heteroatoms. The van der Waals surface area contributed by atoms with Crippen molar-refractivity contribution < 1.29 is 0 Å². The first-order chi connectivity index (χ1) is 8.72. The lowest BCUT2D eigenvalue weighted by atomic mass is 10.3.